The molecule has 6 heteroatoms. The number of para-hydroxylation sites is 1. The van der Waals surface area contributed by atoms with Gasteiger partial charge in [0, 0.05) is 12.7 Å². The number of nitrogens with zero attached hydrogens (tertiary/aromatic N) is 4. The molecule has 138 valence electrons. The molecule has 1 saturated carbocycles. The number of amides is 1. The number of hydrogen-bond acceptors (Lipinski definition) is 4. The number of benzene rings is 1. The molecule has 2 heterocycles. The van der Waals surface area contributed by atoms with Crippen molar-refractivity contribution in [3.63, 3.8) is 0 Å². The van der Waals surface area contributed by atoms with E-state index in [-0.39, 0.29) is 5.91 Å². The molecule has 1 aromatic carbocycles. The molecule has 0 aliphatic heterocycles. The normalized spacial score (nSPS) is 13.4. The summed E-state index contributed by atoms with van der Waals surface area (Å²) in [5.74, 6) is 0.880. The van der Waals surface area contributed by atoms with Gasteiger partial charge in [0.25, 0.3) is 5.91 Å². The third-order valence-electron chi connectivity index (χ3n) is 4.54. The fourth-order valence-electron chi connectivity index (χ4n) is 2.99. The first-order chi connectivity index (χ1) is 13.3. The molecule has 0 N–H and O–H groups in total. The van der Waals surface area contributed by atoms with Crippen LogP contribution in [0, 0.1) is 5.92 Å². The topological polar surface area (TPSA) is 60.3 Å². The molecule has 1 amide bonds. The lowest BCUT2D eigenvalue weighted by atomic mass is 10.2. The number of ether oxygens (including phenoxy) is 1. The average Bonchev–Trinajstić information content (AvgIpc) is 3.45. The number of carbonyl (C=O) groups is 1. The summed E-state index contributed by atoms with van der Waals surface area (Å²) in [5.41, 5.74) is 1.99. The van der Waals surface area contributed by atoms with Gasteiger partial charge in [0.05, 0.1) is 30.4 Å². The van der Waals surface area contributed by atoms with E-state index in [1.807, 2.05) is 49.4 Å². The highest BCUT2D eigenvalue weighted by atomic mass is 16.5. The minimum atomic E-state index is -0.159. The van der Waals surface area contributed by atoms with Gasteiger partial charge in [-0.3, -0.25) is 9.78 Å². The van der Waals surface area contributed by atoms with Gasteiger partial charge in [0.1, 0.15) is 0 Å². The standard InChI is InChI=1S/C21H22N4O2/c1-2-27-19-15-25(17-7-4-3-5-8-17)23-20(19)21(26)24(14-16-10-11-16)18-9-6-12-22-13-18/h3-9,12-13,15-16H,2,10-11,14H2,1H3. The van der Waals surface area contributed by atoms with Crippen molar-refractivity contribution < 1.29 is 9.53 Å². The van der Waals surface area contributed by atoms with Crippen LogP contribution in [0.5, 0.6) is 5.75 Å². The van der Waals surface area contributed by atoms with Crippen molar-refractivity contribution in [2.24, 2.45) is 5.92 Å². The van der Waals surface area contributed by atoms with Crippen molar-refractivity contribution in [3.8, 4) is 11.4 Å². The number of aromatic nitrogens is 3. The minimum absolute atomic E-state index is 0.159. The summed E-state index contributed by atoms with van der Waals surface area (Å²) in [6.07, 6.45) is 7.50. The van der Waals surface area contributed by atoms with Crippen LogP contribution in [-0.4, -0.2) is 33.8 Å². The Morgan fingerprint density at radius 2 is 2.04 bits per heavy atom. The highest BCUT2D eigenvalue weighted by Crippen LogP contribution is 2.33. The molecule has 0 radical (unpaired) electrons. The van der Waals surface area contributed by atoms with Crippen molar-refractivity contribution in [3.05, 3.63) is 66.7 Å². The van der Waals surface area contributed by atoms with Gasteiger partial charge in [-0.1, -0.05) is 18.2 Å². The van der Waals surface area contributed by atoms with Gasteiger partial charge in [-0.05, 0) is 49.9 Å². The lowest BCUT2D eigenvalue weighted by Gasteiger charge is -2.21. The number of carbonyl (C=O) groups excluding carboxylic acids is 1. The van der Waals surface area contributed by atoms with Crippen molar-refractivity contribution in [2.75, 3.05) is 18.1 Å². The monoisotopic (exact) mass is 362 g/mol. The molecule has 2 aromatic heterocycles. The second-order valence-electron chi connectivity index (χ2n) is 6.63. The predicted molar refractivity (Wildman–Crippen MR) is 103 cm³/mol. The van der Waals surface area contributed by atoms with Crippen LogP contribution in [0.4, 0.5) is 5.69 Å². The van der Waals surface area contributed by atoms with Gasteiger partial charge in [0.15, 0.2) is 11.4 Å². The van der Waals surface area contributed by atoms with E-state index in [0.29, 0.717) is 30.5 Å². The molecule has 0 unspecified atom stereocenters. The van der Waals surface area contributed by atoms with Gasteiger partial charge < -0.3 is 9.64 Å². The molecule has 27 heavy (non-hydrogen) atoms. The van der Waals surface area contributed by atoms with Crippen LogP contribution in [0.1, 0.15) is 30.3 Å². The Bertz CT molecular complexity index is 904. The molecule has 0 saturated heterocycles. The first-order valence-electron chi connectivity index (χ1n) is 9.26. The summed E-state index contributed by atoms with van der Waals surface area (Å²) in [6.45, 7) is 3.04. The summed E-state index contributed by atoms with van der Waals surface area (Å²) >= 11 is 0. The van der Waals surface area contributed by atoms with Crippen LogP contribution in [0.3, 0.4) is 0 Å². The van der Waals surface area contributed by atoms with Crippen LogP contribution in [0.25, 0.3) is 5.69 Å². The van der Waals surface area contributed by atoms with Crippen LogP contribution >= 0.6 is 0 Å². The Morgan fingerprint density at radius 3 is 2.70 bits per heavy atom. The second-order valence-corrected chi connectivity index (χ2v) is 6.63. The molecule has 6 nitrogen and oxygen atoms in total. The van der Waals surface area contributed by atoms with Crippen molar-refractivity contribution in [2.45, 2.75) is 19.8 Å². The molecule has 0 atom stereocenters. The zero-order valence-corrected chi connectivity index (χ0v) is 15.3. The SMILES string of the molecule is CCOc1cn(-c2ccccc2)nc1C(=O)N(CC1CC1)c1cccnc1. The summed E-state index contributed by atoms with van der Waals surface area (Å²) in [6, 6.07) is 13.5. The molecule has 3 aromatic rings. The van der Waals surface area contributed by atoms with Crippen LogP contribution in [-0.2, 0) is 0 Å². The molecule has 1 aliphatic rings. The van der Waals surface area contributed by atoms with E-state index in [4.69, 9.17) is 4.74 Å². The molecular weight excluding hydrogens is 340 g/mol. The fourth-order valence-corrected chi connectivity index (χ4v) is 2.99. The number of rotatable bonds is 7. The third-order valence-corrected chi connectivity index (χ3v) is 4.54. The highest BCUT2D eigenvalue weighted by Gasteiger charge is 2.31. The van der Waals surface area contributed by atoms with E-state index in [1.54, 1.807) is 28.2 Å². The van der Waals surface area contributed by atoms with Crippen molar-refractivity contribution >= 4 is 11.6 Å². The second kappa shape index (κ2) is 7.61. The molecule has 0 spiro atoms. The van der Waals surface area contributed by atoms with Gasteiger partial charge in [-0.25, -0.2) is 4.68 Å². The van der Waals surface area contributed by atoms with E-state index < -0.39 is 0 Å². The van der Waals surface area contributed by atoms with Gasteiger partial charge >= 0.3 is 0 Å². The molecule has 4 rings (SSSR count). The maximum atomic E-state index is 13.4. The summed E-state index contributed by atoms with van der Waals surface area (Å²) in [5, 5.41) is 4.55. The van der Waals surface area contributed by atoms with Gasteiger partial charge in [-0.15, -0.1) is 0 Å². The first-order valence-corrected chi connectivity index (χ1v) is 9.26. The Kier molecular flexibility index (Phi) is 4.87. The Labute approximate surface area is 158 Å². The first kappa shape index (κ1) is 17.3. The maximum Gasteiger partial charge on any atom is 0.282 e. The maximum absolute atomic E-state index is 13.4. The average molecular weight is 362 g/mol. The Hall–Kier alpha value is -3.15. The van der Waals surface area contributed by atoms with E-state index >= 15 is 0 Å². The molecule has 0 bridgehead atoms. The fraction of sp³-hybridized carbons (Fsp3) is 0.286. The van der Waals surface area contributed by atoms with Crippen molar-refractivity contribution in [1.29, 1.82) is 0 Å². The number of pyridine rings is 1. The van der Waals surface area contributed by atoms with Gasteiger partial charge in [-0.2, -0.15) is 5.10 Å². The predicted octanol–water partition coefficient (Wildman–Crippen LogP) is 3.72. The minimum Gasteiger partial charge on any atom is -0.490 e. The van der Waals surface area contributed by atoms with E-state index in [2.05, 4.69) is 10.1 Å². The number of hydrogen-bond donors (Lipinski definition) is 0. The number of anilines is 1. The largest absolute Gasteiger partial charge is 0.490 e. The summed E-state index contributed by atoms with van der Waals surface area (Å²) in [7, 11) is 0. The smallest absolute Gasteiger partial charge is 0.282 e. The van der Waals surface area contributed by atoms with Crippen molar-refractivity contribution in [1.82, 2.24) is 14.8 Å². The highest BCUT2D eigenvalue weighted by molar-refractivity contribution is 6.06. The van der Waals surface area contributed by atoms with Crippen LogP contribution < -0.4 is 9.64 Å². The Morgan fingerprint density at radius 1 is 1.22 bits per heavy atom. The zero-order valence-electron chi connectivity index (χ0n) is 15.3. The summed E-state index contributed by atoms with van der Waals surface area (Å²) < 4.78 is 7.41. The van der Waals surface area contributed by atoms with Gasteiger partial charge in [0.2, 0.25) is 0 Å². The lowest BCUT2D eigenvalue weighted by molar-refractivity contribution is 0.0977. The molecule has 1 fully saturated rings. The summed E-state index contributed by atoms with van der Waals surface area (Å²) in [4.78, 5) is 19.3. The van der Waals surface area contributed by atoms with E-state index in [0.717, 1.165) is 24.2 Å². The van der Waals surface area contributed by atoms with Crippen LogP contribution in [0.2, 0.25) is 0 Å². The lowest BCUT2D eigenvalue weighted by Crippen LogP contribution is -2.33. The zero-order chi connectivity index (χ0) is 18.6. The quantitative estimate of drug-likeness (QED) is 0.643. The third kappa shape index (κ3) is 3.84. The Balaban J connectivity index is 1.71. The molecular formula is C21H22N4O2. The van der Waals surface area contributed by atoms with Crippen LogP contribution in [0.15, 0.2) is 61.1 Å². The van der Waals surface area contributed by atoms with E-state index in [9.17, 15) is 4.79 Å². The molecule has 1 aliphatic carbocycles. The van der Waals surface area contributed by atoms with E-state index in [1.165, 1.54) is 0 Å².